The number of ether oxygens (including phenoxy) is 2. The predicted molar refractivity (Wildman–Crippen MR) is 111 cm³/mol. The lowest BCUT2D eigenvalue weighted by Crippen LogP contribution is -2.25. The molecular formula is C17H19N7O6S. The molecule has 0 saturated carbocycles. The molecule has 0 unspecified atom stereocenters. The second-order valence-corrected chi connectivity index (χ2v) is 8.03. The normalized spacial score (nSPS) is 11.3. The van der Waals surface area contributed by atoms with E-state index in [-0.39, 0.29) is 46.5 Å². The standard InChI is InChI=1S/C17H19N7O6S/c1-24-15(26)10-3-4-11(30-5-6-31(19,27)28)13(29-2)12(10)22-17(24)23-14(25)9-7-20-16(18)21-8-9/h3-4,7-8H,5-6H2,1-2H3,(H2,18,20,21)(H2,19,27,28)(H,22,23,25). The van der Waals surface area contributed by atoms with Gasteiger partial charge in [0.05, 0.1) is 23.8 Å². The number of rotatable bonds is 7. The van der Waals surface area contributed by atoms with E-state index in [2.05, 4.69) is 20.3 Å². The largest absolute Gasteiger partial charge is 0.491 e. The summed E-state index contributed by atoms with van der Waals surface area (Å²) in [4.78, 5) is 37.1. The first-order chi connectivity index (χ1) is 14.6. The molecule has 0 saturated heterocycles. The Balaban J connectivity index is 2.01. The molecule has 0 aliphatic carbocycles. The van der Waals surface area contributed by atoms with Crippen LogP contribution in [0, 0.1) is 0 Å². The smallest absolute Gasteiger partial charge is 0.262 e. The number of nitrogens with one attached hydrogen (secondary N) is 1. The van der Waals surface area contributed by atoms with Gasteiger partial charge < -0.3 is 15.2 Å². The summed E-state index contributed by atoms with van der Waals surface area (Å²) in [7, 11) is -0.943. The minimum absolute atomic E-state index is 0.00693. The first kappa shape index (κ1) is 21.9. The van der Waals surface area contributed by atoms with Crippen LogP contribution >= 0.6 is 0 Å². The Labute approximate surface area is 176 Å². The molecule has 5 N–H and O–H groups in total. The topological polar surface area (TPSA) is 194 Å². The van der Waals surface area contributed by atoms with E-state index < -0.39 is 27.2 Å². The second-order valence-electron chi connectivity index (χ2n) is 6.29. The summed E-state index contributed by atoms with van der Waals surface area (Å²) in [5, 5.41) is 7.68. The van der Waals surface area contributed by atoms with Crippen LogP contribution in [0.4, 0.5) is 11.9 Å². The Morgan fingerprint density at radius 1 is 1.26 bits per heavy atom. The zero-order valence-corrected chi connectivity index (χ0v) is 17.3. The maximum absolute atomic E-state index is 12.8. The minimum atomic E-state index is -3.72. The van der Waals surface area contributed by atoms with E-state index in [0.29, 0.717) is 0 Å². The number of aromatic nitrogens is 4. The van der Waals surface area contributed by atoms with E-state index in [0.717, 1.165) is 4.57 Å². The van der Waals surface area contributed by atoms with Gasteiger partial charge in [0, 0.05) is 19.4 Å². The van der Waals surface area contributed by atoms with Crippen LogP contribution in [0.3, 0.4) is 0 Å². The average molecular weight is 449 g/mol. The predicted octanol–water partition coefficient (Wildman–Crippen LogP) is -0.766. The number of anilines is 2. The summed E-state index contributed by atoms with van der Waals surface area (Å²) < 4.78 is 34.1. The number of fused-ring (bicyclic) bond motifs is 1. The molecule has 3 aromatic rings. The van der Waals surface area contributed by atoms with E-state index in [4.69, 9.17) is 20.3 Å². The fourth-order valence-electron chi connectivity index (χ4n) is 2.61. The number of benzene rings is 1. The third-order valence-corrected chi connectivity index (χ3v) is 4.89. The number of hydrogen-bond donors (Lipinski definition) is 3. The van der Waals surface area contributed by atoms with E-state index >= 15 is 0 Å². The monoisotopic (exact) mass is 449 g/mol. The number of methoxy groups -OCH3 is 1. The number of primary sulfonamides is 1. The molecule has 0 atom stereocenters. The maximum atomic E-state index is 12.8. The molecule has 164 valence electrons. The Morgan fingerprint density at radius 2 is 1.94 bits per heavy atom. The van der Waals surface area contributed by atoms with Crippen LogP contribution in [-0.4, -0.2) is 53.3 Å². The SMILES string of the molecule is COc1c(OCCS(N)(=O)=O)ccc2c(=O)n(C)c(NC(=O)c3cnc(N)nc3)nc12. The number of carbonyl (C=O) groups excluding carboxylic acids is 1. The second kappa shape index (κ2) is 8.53. The van der Waals surface area contributed by atoms with Gasteiger partial charge in [-0.2, -0.15) is 0 Å². The van der Waals surface area contributed by atoms with Crippen molar-refractivity contribution < 1.29 is 22.7 Å². The third kappa shape index (κ3) is 4.87. The molecule has 0 aliphatic rings. The molecule has 0 aliphatic heterocycles. The highest BCUT2D eigenvalue weighted by Crippen LogP contribution is 2.33. The Kier molecular flexibility index (Phi) is 6.03. The lowest BCUT2D eigenvalue weighted by Gasteiger charge is -2.15. The van der Waals surface area contributed by atoms with Crippen LogP contribution in [0.2, 0.25) is 0 Å². The molecule has 2 aromatic heterocycles. The quantitative estimate of drug-likeness (QED) is 0.412. The summed E-state index contributed by atoms with van der Waals surface area (Å²) >= 11 is 0. The third-order valence-electron chi connectivity index (χ3n) is 4.15. The molecule has 0 radical (unpaired) electrons. The fraction of sp³-hybridized carbons (Fsp3) is 0.235. The summed E-state index contributed by atoms with van der Waals surface area (Å²) in [6.07, 6.45) is 2.46. The van der Waals surface area contributed by atoms with Crippen LogP contribution < -0.4 is 31.2 Å². The average Bonchev–Trinajstić information content (AvgIpc) is 2.71. The van der Waals surface area contributed by atoms with Gasteiger partial charge in [0.15, 0.2) is 11.5 Å². The van der Waals surface area contributed by atoms with Crippen molar-refractivity contribution >= 4 is 38.7 Å². The van der Waals surface area contributed by atoms with Gasteiger partial charge in [0.1, 0.15) is 12.1 Å². The van der Waals surface area contributed by atoms with Crippen LogP contribution in [0.1, 0.15) is 10.4 Å². The van der Waals surface area contributed by atoms with Crippen molar-refractivity contribution in [2.75, 3.05) is 30.5 Å². The fourth-order valence-corrected chi connectivity index (χ4v) is 2.93. The van der Waals surface area contributed by atoms with Crippen LogP contribution in [-0.2, 0) is 17.1 Å². The van der Waals surface area contributed by atoms with E-state index in [9.17, 15) is 18.0 Å². The summed E-state index contributed by atoms with van der Waals surface area (Å²) in [5.74, 6) is -0.837. The lowest BCUT2D eigenvalue weighted by atomic mass is 10.2. The summed E-state index contributed by atoms with van der Waals surface area (Å²) in [6.45, 7) is -0.230. The maximum Gasteiger partial charge on any atom is 0.262 e. The molecule has 0 fully saturated rings. The van der Waals surface area contributed by atoms with E-state index in [1.807, 2.05) is 0 Å². The molecule has 14 heteroatoms. The number of carbonyl (C=O) groups is 1. The van der Waals surface area contributed by atoms with Gasteiger partial charge in [0.2, 0.25) is 21.9 Å². The van der Waals surface area contributed by atoms with Gasteiger partial charge in [0.25, 0.3) is 11.5 Å². The lowest BCUT2D eigenvalue weighted by molar-refractivity contribution is 0.102. The number of sulfonamides is 1. The number of nitrogens with zero attached hydrogens (tertiary/aromatic N) is 4. The van der Waals surface area contributed by atoms with Gasteiger partial charge in [-0.05, 0) is 12.1 Å². The van der Waals surface area contributed by atoms with Gasteiger partial charge in [-0.3, -0.25) is 19.5 Å². The molecule has 0 spiro atoms. The van der Waals surface area contributed by atoms with Crippen LogP contribution in [0.5, 0.6) is 11.5 Å². The van der Waals surface area contributed by atoms with E-state index in [1.165, 1.54) is 38.7 Å². The Bertz CT molecular complexity index is 1310. The molecule has 3 rings (SSSR count). The highest BCUT2D eigenvalue weighted by Gasteiger charge is 2.19. The van der Waals surface area contributed by atoms with Crippen molar-refractivity contribution in [2.45, 2.75) is 0 Å². The van der Waals surface area contributed by atoms with Crippen LogP contribution in [0.25, 0.3) is 10.9 Å². The van der Waals surface area contributed by atoms with Crippen molar-refractivity contribution in [3.8, 4) is 11.5 Å². The van der Waals surface area contributed by atoms with Crippen molar-refractivity contribution in [3.63, 3.8) is 0 Å². The van der Waals surface area contributed by atoms with Crippen molar-refractivity contribution in [3.05, 3.63) is 40.4 Å². The first-order valence-electron chi connectivity index (χ1n) is 8.70. The van der Waals surface area contributed by atoms with Gasteiger partial charge in [-0.25, -0.2) is 28.5 Å². The summed E-state index contributed by atoms with van der Waals surface area (Å²) in [5.41, 5.74) is 5.18. The van der Waals surface area contributed by atoms with Crippen molar-refractivity contribution in [2.24, 2.45) is 12.2 Å². The van der Waals surface area contributed by atoms with Crippen molar-refractivity contribution in [1.29, 1.82) is 0 Å². The van der Waals surface area contributed by atoms with Gasteiger partial charge >= 0.3 is 0 Å². The molecule has 0 bridgehead atoms. The zero-order chi connectivity index (χ0) is 22.8. The van der Waals surface area contributed by atoms with E-state index in [1.54, 1.807) is 0 Å². The Morgan fingerprint density at radius 3 is 2.55 bits per heavy atom. The molecule has 2 heterocycles. The van der Waals surface area contributed by atoms with Gasteiger partial charge in [-0.15, -0.1) is 0 Å². The zero-order valence-electron chi connectivity index (χ0n) is 16.5. The molecule has 31 heavy (non-hydrogen) atoms. The highest BCUT2D eigenvalue weighted by atomic mass is 32.2. The molecule has 1 aromatic carbocycles. The highest BCUT2D eigenvalue weighted by molar-refractivity contribution is 7.89. The molecule has 1 amide bonds. The number of nitrogen functional groups attached to an aromatic ring is 1. The number of amides is 1. The Hall–Kier alpha value is -3.78. The molecule has 13 nitrogen and oxygen atoms in total. The summed E-state index contributed by atoms with van der Waals surface area (Å²) in [6, 6.07) is 2.91. The molecular weight excluding hydrogens is 430 g/mol. The first-order valence-corrected chi connectivity index (χ1v) is 10.4. The van der Waals surface area contributed by atoms with Crippen molar-refractivity contribution in [1.82, 2.24) is 19.5 Å². The van der Waals surface area contributed by atoms with Crippen LogP contribution in [0.15, 0.2) is 29.3 Å². The van der Waals surface area contributed by atoms with Gasteiger partial charge in [-0.1, -0.05) is 0 Å². The minimum Gasteiger partial charge on any atom is -0.491 e. The number of nitrogens with two attached hydrogens (primary N) is 2. The number of hydrogen-bond acceptors (Lipinski definition) is 10.